The normalized spacial score (nSPS) is 11.7. The Hall–Kier alpha value is -4.45. The van der Waals surface area contributed by atoms with Gasteiger partial charge in [0.25, 0.3) is 10.0 Å². The molecule has 0 aliphatic rings. The first kappa shape index (κ1) is 23.3. The highest BCUT2D eigenvalue weighted by atomic mass is 32.2. The zero-order chi connectivity index (χ0) is 25.6. The van der Waals surface area contributed by atoms with Crippen LogP contribution in [0.4, 0.5) is 5.69 Å². The maximum atomic E-state index is 12.9. The molecule has 0 fully saturated rings. The van der Waals surface area contributed by atoms with Crippen LogP contribution in [0.2, 0.25) is 0 Å². The first-order valence-corrected chi connectivity index (χ1v) is 12.4. The molecular weight excluding hydrogens is 484 g/mol. The largest absolute Gasteiger partial charge is 0.439 e. The summed E-state index contributed by atoms with van der Waals surface area (Å²) >= 11 is 0. The summed E-state index contributed by atoms with van der Waals surface area (Å²) < 4.78 is 42.2. The summed E-state index contributed by atoms with van der Waals surface area (Å²) in [7, 11) is -2.40. The highest BCUT2D eigenvalue weighted by Crippen LogP contribution is 2.25. The van der Waals surface area contributed by atoms with Crippen molar-refractivity contribution in [2.45, 2.75) is 25.7 Å². The van der Waals surface area contributed by atoms with Crippen molar-refractivity contribution in [2.24, 2.45) is 7.05 Å². The van der Waals surface area contributed by atoms with Gasteiger partial charge in [0.15, 0.2) is 11.4 Å². The van der Waals surface area contributed by atoms with Gasteiger partial charge in [-0.3, -0.25) is 9.29 Å². The predicted octanol–water partition coefficient (Wildman–Crippen LogP) is 3.63. The molecule has 0 unspecified atom stereocenters. The van der Waals surface area contributed by atoms with Gasteiger partial charge in [-0.05, 0) is 69.3 Å². The molecule has 11 nitrogen and oxygen atoms in total. The van der Waals surface area contributed by atoms with Crippen molar-refractivity contribution in [2.75, 3.05) is 4.72 Å². The van der Waals surface area contributed by atoms with E-state index in [9.17, 15) is 13.2 Å². The lowest BCUT2D eigenvalue weighted by molar-refractivity contribution is 0.459. The average molecular weight is 507 g/mol. The van der Waals surface area contributed by atoms with Gasteiger partial charge in [0.05, 0.1) is 16.1 Å². The predicted molar refractivity (Wildman–Crippen MR) is 132 cm³/mol. The Morgan fingerprint density at radius 1 is 0.972 bits per heavy atom. The summed E-state index contributed by atoms with van der Waals surface area (Å²) in [5.74, 6) is 1.33. The average Bonchev–Trinajstić information content (AvgIpc) is 3.31. The summed E-state index contributed by atoms with van der Waals surface area (Å²) in [6.07, 6.45) is 0. The molecule has 3 heterocycles. The molecule has 0 radical (unpaired) electrons. The molecule has 0 saturated heterocycles. The minimum absolute atomic E-state index is 0.000122. The molecule has 0 amide bonds. The van der Waals surface area contributed by atoms with Gasteiger partial charge in [0, 0.05) is 24.5 Å². The lowest BCUT2D eigenvalue weighted by atomic mass is 10.3. The number of oxazole rings is 1. The number of nitrogens with one attached hydrogen (secondary N) is 1. The first-order valence-electron chi connectivity index (χ1n) is 10.9. The van der Waals surface area contributed by atoms with Crippen molar-refractivity contribution in [3.63, 3.8) is 0 Å². The van der Waals surface area contributed by atoms with E-state index < -0.39 is 15.8 Å². The number of aromatic nitrogens is 5. The highest BCUT2D eigenvalue weighted by molar-refractivity contribution is 7.92. The summed E-state index contributed by atoms with van der Waals surface area (Å²) in [5.41, 5.74) is 2.83. The van der Waals surface area contributed by atoms with Crippen molar-refractivity contribution in [1.82, 2.24) is 24.3 Å². The second kappa shape index (κ2) is 8.64. The van der Waals surface area contributed by atoms with Crippen LogP contribution < -0.4 is 15.2 Å². The van der Waals surface area contributed by atoms with Gasteiger partial charge in [-0.2, -0.15) is 10.1 Å². The van der Waals surface area contributed by atoms with Crippen LogP contribution >= 0.6 is 0 Å². The van der Waals surface area contributed by atoms with Crippen molar-refractivity contribution in [1.29, 1.82) is 0 Å². The molecule has 12 heteroatoms. The van der Waals surface area contributed by atoms with Gasteiger partial charge in [-0.25, -0.2) is 22.9 Å². The molecule has 0 bridgehead atoms. The highest BCUT2D eigenvalue weighted by Gasteiger charge is 2.17. The molecule has 3 aromatic heterocycles. The Labute approximate surface area is 206 Å². The minimum Gasteiger partial charge on any atom is -0.439 e. The lowest BCUT2D eigenvalue weighted by Crippen LogP contribution is -2.13. The van der Waals surface area contributed by atoms with E-state index in [0.29, 0.717) is 40.1 Å². The van der Waals surface area contributed by atoms with Gasteiger partial charge in [-0.1, -0.05) is 0 Å². The van der Waals surface area contributed by atoms with Gasteiger partial charge in [0.2, 0.25) is 5.88 Å². The van der Waals surface area contributed by atoms with E-state index in [4.69, 9.17) is 9.15 Å². The van der Waals surface area contributed by atoms with Gasteiger partial charge >= 0.3 is 5.76 Å². The number of ether oxygens (including phenoxy) is 1. The first-order chi connectivity index (χ1) is 17.1. The zero-order valence-corrected chi connectivity index (χ0v) is 20.7. The molecular formula is C24H22N6O5S. The maximum absolute atomic E-state index is 12.9. The SMILES string of the molecule is Cc1cc(C)n(-c2cc(Oc3ccc(NS(=O)(=O)c4ccc5oc(=O)n(C)c5c4)cc3)nc(C)n2)n1. The van der Waals surface area contributed by atoms with Gasteiger partial charge < -0.3 is 9.15 Å². The van der Waals surface area contributed by atoms with Crippen LogP contribution in [0, 0.1) is 20.8 Å². The Balaban J connectivity index is 1.35. The van der Waals surface area contributed by atoms with Crippen LogP contribution in [-0.4, -0.2) is 32.7 Å². The van der Waals surface area contributed by atoms with Crippen LogP contribution in [0.15, 0.2) is 68.7 Å². The van der Waals surface area contributed by atoms with E-state index in [-0.39, 0.29) is 4.90 Å². The standard InChI is InChI=1S/C24H22N6O5S/c1-14-11-15(2)30(27-14)22-13-23(26-16(3)25-22)34-18-7-5-17(6-8-18)28-36(32,33)19-9-10-21-20(12-19)29(4)24(31)35-21/h5-13,28H,1-4H3. The van der Waals surface area contributed by atoms with E-state index in [1.807, 2.05) is 19.9 Å². The van der Waals surface area contributed by atoms with Crippen LogP contribution in [0.5, 0.6) is 11.6 Å². The van der Waals surface area contributed by atoms with E-state index in [1.165, 1.54) is 29.8 Å². The third-order valence-electron chi connectivity index (χ3n) is 5.43. The second-order valence-electron chi connectivity index (χ2n) is 8.24. The summed E-state index contributed by atoms with van der Waals surface area (Å²) in [5, 5.41) is 4.45. The number of anilines is 1. The summed E-state index contributed by atoms with van der Waals surface area (Å²) in [6.45, 7) is 5.60. The Bertz CT molecular complexity index is 1770. The zero-order valence-electron chi connectivity index (χ0n) is 19.9. The summed E-state index contributed by atoms with van der Waals surface area (Å²) in [6, 6.07) is 14.3. The number of sulfonamides is 1. The van der Waals surface area contributed by atoms with Crippen molar-refractivity contribution >= 4 is 26.8 Å². The van der Waals surface area contributed by atoms with Crippen molar-refractivity contribution in [3.05, 3.63) is 82.4 Å². The number of fused-ring (bicyclic) bond motifs is 1. The molecule has 0 aliphatic carbocycles. The lowest BCUT2D eigenvalue weighted by Gasteiger charge is -2.11. The van der Waals surface area contributed by atoms with Crippen molar-refractivity contribution in [3.8, 4) is 17.4 Å². The Morgan fingerprint density at radius 3 is 2.42 bits per heavy atom. The summed E-state index contributed by atoms with van der Waals surface area (Å²) in [4.78, 5) is 20.5. The number of aryl methyl sites for hydroxylation is 4. The number of rotatable bonds is 6. The second-order valence-corrected chi connectivity index (χ2v) is 9.92. The van der Waals surface area contributed by atoms with Crippen LogP contribution in [0.25, 0.3) is 16.9 Å². The molecule has 184 valence electrons. The maximum Gasteiger partial charge on any atom is 0.419 e. The van der Waals surface area contributed by atoms with E-state index >= 15 is 0 Å². The monoisotopic (exact) mass is 506 g/mol. The fourth-order valence-corrected chi connectivity index (χ4v) is 4.82. The van der Waals surface area contributed by atoms with Crippen LogP contribution in [-0.2, 0) is 17.1 Å². The van der Waals surface area contributed by atoms with E-state index in [1.54, 1.807) is 41.9 Å². The molecule has 36 heavy (non-hydrogen) atoms. The fourth-order valence-electron chi connectivity index (χ4n) is 3.75. The van der Waals surface area contributed by atoms with E-state index in [0.717, 1.165) is 11.4 Å². The van der Waals surface area contributed by atoms with Gasteiger partial charge in [0.1, 0.15) is 11.6 Å². The molecule has 0 spiro atoms. The molecule has 5 rings (SSSR count). The molecule has 0 atom stereocenters. The molecule has 5 aromatic rings. The molecule has 0 aliphatic heterocycles. The molecule has 2 aromatic carbocycles. The number of nitrogens with zero attached hydrogens (tertiary/aromatic N) is 5. The van der Waals surface area contributed by atoms with E-state index in [2.05, 4.69) is 19.8 Å². The third kappa shape index (κ3) is 4.45. The smallest absolute Gasteiger partial charge is 0.419 e. The third-order valence-corrected chi connectivity index (χ3v) is 6.81. The number of hydrogen-bond acceptors (Lipinski definition) is 8. The van der Waals surface area contributed by atoms with Gasteiger partial charge in [-0.15, -0.1) is 0 Å². The van der Waals surface area contributed by atoms with Crippen LogP contribution in [0.1, 0.15) is 17.2 Å². The topological polar surface area (TPSA) is 134 Å². The van der Waals surface area contributed by atoms with Crippen LogP contribution in [0.3, 0.4) is 0 Å². The quantitative estimate of drug-likeness (QED) is 0.369. The number of benzene rings is 2. The molecule has 0 saturated carbocycles. The Morgan fingerprint density at radius 2 is 1.72 bits per heavy atom. The minimum atomic E-state index is -3.91. The number of hydrogen-bond donors (Lipinski definition) is 1. The fraction of sp³-hybridized carbons (Fsp3) is 0.167. The van der Waals surface area contributed by atoms with Crippen molar-refractivity contribution < 1.29 is 17.6 Å². The Kier molecular flexibility index (Phi) is 5.59. The molecule has 1 N–H and O–H groups in total.